The Bertz CT molecular complexity index is 718. The van der Waals surface area contributed by atoms with Crippen molar-refractivity contribution in [1.82, 2.24) is 5.32 Å². The van der Waals surface area contributed by atoms with Gasteiger partial charge in [-0.1, -0.05) is 0 Å². The summed E-state index contributed by atoms with van der Waals surface area (Å²) in [7, 11) is 2.47. The molecule has 2 rings (SSSR count). The number of rotatable bonds is 7. The van der Waals surface area contributed by atoms with Gasteiger partial charge in [-0.2, -0.15) is 0 Å². The van der Waals surface area contributed by atoms with Crippen LogP contribution in [0.1, 0.15) is 45.7 Å². The van der Waals surface area contributed by atoms with Gasteiger partial charge in [-0.15, -0.1) is 0 Å². The molecule has 1 aromatic carbocycles. The smallest absolute Gasteiger partial charge is 0.492 e. The van der Waals surface area contributed by atoms with E-state index in [-0.39, 0.29) is 19.1 Å². The largest absolute Gasteiger partial charge is 0.496 e. The van der Waals surface area contributed by atoms with Crippen LogP contribution in [0.25, 0.3) is 6.08 Å². The lowest BCUT2D eigenvalue weighted by atomic mass is 9.76. The lowest BCUT2D eigenvalue weighted by Gasteiger charge is -2.32. The molecule has 1 saturated heterocycles. The standard InChI is InChI=1S/C20H30BNO6/c1-13(24)22-11-15(21-27-19(2,3)20(4,5)28-21)10-16-17(25-6)8-14(12-23)9-18(16)26-7/h8-10,23H,11-12H2,1-7H3,(H,22,24). The number of amides is 1. The number of carbonyl (C=O) groups excluding carboxylic acids is 1. The average molecular weight is 391 g/mol. The monoisotopic (exact) mass is 391 g/mol. The fourth-order valence-electron chi connectivity index (χ4n) is 2.84. The molecule has 1 aliphatic rings. The molecule has 0 aliphatic carbocycles. The molecule has 1 heterocycles. The van der Waals surface area contributed by atoms with Gasteiger partial charge >= 0.3 is 7.12 Å². The van der Waals surface area contributed by atoms with Crippen molar-refractivity contribution in [2.75, 3.05) is 20.8 Å². The Kier molecular flexibility index (Phi) is 6.80. The maximum atomic E-state index is 11.5. The van der Waals surface area contributed by atoms with Gasteiger partial charge in [0.25, 0.3) is 0 Å². The van der Waals surface area contributed by atoms with E-state index in [4.69, 9.17) is 18.8 Å². The third-order valence-electron chi connectivity index (χ3n) is 5.21. The average Bonchev–Trinajstić information content (AvgIpc) is 2.85. The third-order valence-corrected chi connectivity index (χ3v) is 5.21. The number of benzene rings is 1. The summed E-state index contributed by atoms with van der Waals surface area (Å²) in [6.45, 7) is 9.47. The minimum atomic E-state index is -0.635. The van der Waals surface area contributed by atoms with Gasteiger partial charge < -0.3 is 29.2 Å². The van der Waals surface area contributed by atoms with Crippen LogP contribution in [-0.4, -0.2) is 50.1 Å². The molecule has 0 radical (unpaired) electrons. The highest BCUT2D eigenvalue weighted by Crippen LogP contribution is 2.40. The third kappa shape index (κ3) is 4.68. The summed E-state index contributed by atoms with van der Waals surface area (Å²) in [5.74, 6) is 0.928. The highest BCUT2D eigenvalue weighted by atomic mass is 16.7. The van der Waals surface area contributed by atoms with Crippen molar-refractivity contribution < 1.29 is 28.7 Å². The van der Waals surface area contributed by atoms with Crippen molar-refractivity contribution in [3.8, 4) is 11.5 Å². The van der Waals surface area contributed by atoms with Crippen molar-refractivity contribution in [2.45, 2.75) is 52.4 Å². The first-order chi connectivity index (χ1) is 13.0. The molecule has 0 atom stereocenters. The van der Waals surface area contributed by atoms with Crippen LogP contribution in [0.3, 0.4) is 0 Å². The van der Waals surface area contributed by atoms with Gasteiger partial charge in [0, 0.05) is 13.5 Å². The van der Waals surface area contributed by atoms with Crippen LogP contribution in [0, 0.1) is 0 Å². The number of nitrogens with one attached hydrogen (secondary N) is 1. The molecule has 0 unspecified atom stereocenters. The van der Waals surface area contributed by atoms with Crippen LogP contribution in [0.4, 0.5) is 0 Å². The van der Waals surface area contributed by atoms with Gasteiger partial charge in [0.2, 0.25) is 5.91 Å². The predicted octanol–water partition coefficient (Wildman–Crippen LogP) is 2.35. The van der Waals surface area contributed by atoms with E-state index in [9.17, 15) is 9.90 Å². The van der Waals surface area contributed by atoms with Crippen LogP contribution >= 0.6 is 0 Å². The molecule has 154 valence electrons. The summed E-state index contributed by atoms with van der Waals surface area (Å²) in [6, 6.07) is 3.49. The molecule has 7 nitrogen and oxygen atoms in total. The molecule has 1 aliphatic heterocycles. The maximum absolute atomic E-state index is 11.5. The van der Waals surface area contributed by atoms with Gasteiger partial charge in [0.05, 0.1) is 37.6 Å². The Morgan fingerprint density at radius 3 is 2.04 bits per heavy atom. The van der Waals surface area contributed by atoms with Crippen molar-refractivity contribution in [3.05, 3.63) is 28.7 Å². The molecule has 2 N–H and O–H groups in total. The molecular weight excluding hydrogens is 361 g/mol. The summed E-state index contributed by atoms with van der Waals surface area (Å²) in [5, 5.41) is 12.3. The first kappa shape index (κ1) is 22.3. The quantitative estimate of drug-likeness (QED) is 0.694. The fourth-order valence-corrected chi connectivity index (χ4v) is 2.84. The molecular formula is C20H30BNO6. The minimum absolute atomic E-state index is 0.132. The Morgan fingerprint density at radius 2 is 1.64 bits per heavy atom. The number of methoxy groups -OCH3 is 2. The number of hydrogen-bond donors (Lipinski definition) is 2. The molecule has 1 amide bonds. The normalized spacial score (nSPS) is 18.1. The zero-order valence-electron chi connectivity index (χ0n) is 17.7. The molecule has 8 heteroatoms. The van der Waals surface area contributed by atoms with Gasteiger partial charge in [0.1, 0.15) is 11.5 Å². The van der Waals surface area contributed by atoms with Gasteiger partial charge in [-0.3, -0.25) is 4.79 Å². The number of carbonyl (C=O) groups is 1. The number of aliphatic hydroxyl groups excluding tert-OH is 1. The zero-order valence-corrected chi connectivity index (χ0v) is 17.7. The van der Waals surface area contributed by atoms with Crippen LogP contribution < -0.4 is 14.8 Å². The minimum Gasteiger partial charge on any atom is -0.496 e. The predicted molar refractivity (Wildman–Crippen MR) is 108 cm³/mol. The molecule has 0 aromatic heterocycles. The van der Waals surface area contributed by atoms with Crippen LogP contribution in [-0.2, 0) is 20.7 Å². The molecule has 0 bridgehead atoms. The molecule has 28 heavy (non-hydrogen) atoms. The Hall–Kier alpha value is -2.03. The van der Waals surface area contributed by atoms with E-state index in [1.807, 2.05) is 33.8 Å². The maximum Gasteiger partial charge on any atom is 0.492 e. The number of hydrogen-bond acceptors (Lipinski definition) is 6. The van der Waals surface area contributed by atoms with Crippen molar-refractivity contribution in [1.29, 1.82) is 0 Å². The van der Waals surface area contributed by atoms with E-state index < -0.39 is 18.3 Å². The van der Waals surface area contributed by atoms with Gasteiger partial charge in [0.15, 0.2) is 0 Å². The second kappa shape index (κ2) is 8.55. The molecule has 1 aromatic rings. The summed E-state index contributed by atoms with van der Waals surface area (Å²) in [4.78, 5) is 11.5. The highest BCUT2D eigenvalue weighted by Gasteiger charge is 2.52. The molecule has 1 fully saturated rings. The fraction of sp³-hybridized carbons (Fsp3) is 0.550. The van der Waals surface area contributed by atoms with Gasteiger partial charge in [-0.05, 0) is 56.9 Å². The van der Waals surface area contributed by atoms with Crippen LogP contribution in [0.5, 0.6) is 11.5 Å². The molecule has 0 spiro atoms. The summed E-state index contributed by atoms with van der Waals surface area (Å²) in [5.41, 5.74) is 1.05. The second-order valence-electron chi connectivity index (χ2n) is 7.79. The van der Waals surface area contributed by atoms with Crippen LogP contribution in [0.15, 0.2) is 17.6 Å². The summed E-state index contributed by atoms with van der Waals surface area (Å²) in [6.07, 6.45) is 1.84. The zero-order chi connectivity index (χ0) is 21.1. The second-order valence-corrected chi connectivity index (χ2v) is 7.79. The van der Waals surface area contributed by atoms with Crippen molar-refractivity contribution in [2.24, 2.45) is 0 Å². The van der Waals surface area contributed by atoms with Crippen molar-refractivity contribution >= 4 is 19.1 Å². The highest BCUT2D eigenvalue weighted by molar-refractivity contribution is 6.56. The van der Waals surface area contributed by atoms with E-state index in [1.54, 1.807) is 26.4 Å². The van der Waals surface area contributed by atoms with Crippen LogP contribution in [0.2, 0.25) is 0 Å². The Labute approximate surface area is 167 Å². The summed E-state index contributed by atoms with van der Waals surface area (Å²) >= 11 is 0. The number of aliphatic hydroxyl groups is 1. The first-order valence-corrected chi connectivity index (χ1v) is 9.21. The lowest BCUT2D eigenvalue weighted by Crippen LogP contribution is -2.41. The van der Waals surface area contributed by atoms with Gasteiger partial charge in [-0.25, -0.2) is 0 Å². The Balaban J connectivity index is 2.53. The summed E-state index contributed by atoms with van der Waals surface area (Å²) < 4.78 is 23.3. The first-order valence-electron chi connectivity index (χ1n) is 9.21. The molecule has 0 saturated carbocycles. The lowest BCUT2D eigenvalue weighted by molar-refractivity contribution is -0.118. The SMILES string of the molecule is COc1cc(CO)cc(OC)c1C=C(CNC(C)=O)B1OC(C)(C)C(C)(C)O1. The van der Waals surface area contributed by atoms with E-state index in [1.165, 1.54) is 6.92 Å². The van der Waals surface area contributed by atoms with Crippen molar-refractivity contribution in [3.63, 3.8) is 0 Å². The van der Waals surface area contributed by atoms with E-state index in [2.05, 4.69) is 5.32 Å². The van der Waals surface area contributed by atoms with E-state index in [0.717, 1.165) is 5.47 Å². The van der Waals surface area contributed by atoms with E-state index >= 15 is 0 Å². The van der Waals surface area contributed by atoms with E-state index in [0.29, 0.717) is 22.6 Å². The Morgan fingerprint density at radius 1 is 1.14 bits per heavy atom. The number of ether oxygens (including phenoxy) is 2. The topological polar surface area (TPSA) is 86.2 Å².